The molecule has 0 fully saturated rings. The Hall–Kier alpha value is -0.300. The minimum Gasteiger partial charge on any atom is -0.316 e. The summed E-state index contributed by atoms with van der Waals surface area (Å²) in [6, 6.07) is 0. The molecule has 0 heterocycles. The molecule has 0 saturated carbocycles. The van der Waals surface area contributed by atoms with Gasteiger partial charge in [-0.2, -0.15) is 0 Å². The van der Waals surface area contributed by atoms with Crippen LogP contribution in [0.1, 0.15) is 39.0 Å². The maximum Gasteiger partial charge on any atom is 0.0161 e. The Labute approximate surface area is 76.2 Å². The van der Waals surface area contributed by atoms with Crippen molar-refractivity contribution in [2.45, 2.75) is 39.0 Å². The van der Waals surface area contributed by atoms with Crippen LogP contribution < -0.4 is 5.32 Å². The van der Waals surface area contributed by atoms with Gasteiger partial charge in [0.05, 0.1) is 0 Å². The van der Waals surface area contributed by atoms with Crippen molar-refractivity contribution < 1.29 is 0 Å². The summed E-state index contributed by atoms with van der Waals surface area (Å²) in [6.45, 7) is 3.45. The van der Waals surface area contributed by atoms with Crippen molar-refractivity contribution in [3.05, 3.63) is 11.6 Å². The highest BCUT2D eigenvalue weighted by Crippen LogP contribution is 2.20. The number of nitrogens with one attached hydrogen (secondary N) is 1. The Balaban J connectivity index is 2.41. The maximum atomic E-state index is 3.23. The zero-order chi connectivity index (χ0) is 8.81. The van der Waals surface area contributed by atoms with Gasteiger partial charge in [0.2, 0.25) is 0 Å². The van der Waals surface area contributed by atoms with Crippen molar-refractivity contribution >= 4 is 0 Å². The van der Waals surface area contributed by atoms with Gasteiger partial charge in [-0.25, -0.2) is 0 Å². The normalized spacial score (nSPS) is 30.2. The van der Waals surface area contributed by atoms with Gasteiger partial charge in [0, 0.05) is 6.54 Å². The molecule has 12 heavy (non-hydrogen) atoms. The van der Waals surface area contributed by atoms with Crippen LogP contribution in [0.4, 0.5) is 0 Å². The van der Waals surface area contributed by atoms with Crippen molar-refractivity contribution in [1.29, 1.82) is 0 Å². The van der Waals surface area contributed by atoms with Crippen LogP contribution in [0.5, 0.6) is 0 Å². The summed E-state index contributed by atoms with van der Waals surface area (Å²) in [6.07, 6.45) is 9.27. The van der Waals surface area contributed by atoms with Crippen LogP contribution in [0.2, 0.25) is 0 Å². The van der Waals surface area contributed by atoms with Gasteiger partial charge in [0.25, 0.3) is 0 Å². The second-order valence-corrected chi connectivity index (χ2v) is 3.98. The van der Waals surface area contributed by atoms with Crippen LogP contribution in [-0.4, -0.2) is 13.6 Å². The topological polar surface area (TPSA) is 12.0 Å². The fraction of sp³-hybridized carbons (Fsp3) is 0.818. The average Bonchev–Trinajstić information content (AvgIpc) is 2.04. The molecule has 0 aromatic rings. The van der Waals surface area contributed by atoms with Crippen LogP contribution >= 0.6 is 0 Å². The summed E-state index contributed by atoms with van der Waals surface area (Å²) in [7, 11) is 2.03. The molecule has 1 unspecified atom stereocenters. The van der Waals surface area contributed by atoms with Crippen molar-refractivity contribution in [3.63, 3.8) is 0 Å². The first-order chi connectivity index (χ1) is 5.83. The summed E-state index contributed by atoms with van der Waals surface area (Å²) in [5, 5.41) is 3.23. The van der Waals surface area contributed by atoms with E-state index in [-0.39, 0.29) is 0 Å². The molecule has 1 nitrogen and oxygen atoms in total. The quantitative estimate of drug-likeness (QED) is 0.624. The Morgan fingerprint density at radius 1 is 1.50 bits per heavy atom. The van der Waals surface area contributed by atoms with Crippen molar-refractivity contribution in [2.24, 2.45) is 5.92 Å². The molecule has 0 radical (unpaired) electrons. The summed E-state index contributed by atoms with van der Waals surface area (Å²) in [5.41, 5.74) is 1.61. The summed E-state index contributed by atoms with van der Waals surface area (Å²) in [4.78, 5) is 0. The van der Waals surface area contributed by atoms with E-state index in [1.807, 2.05) is 7.05 Å². The molecule has 0 aliphatic heterocycles. The fourth-order valence-corrected chi connectivity index (χ4v) is 1.82. The summed E-state index contributed by atoms with van der Waals surface area (Å²) in [5.74, 6) is 0.900. The molecule has 0 aromatic heterocycles. The highest BCUT2D eigenvalue weighted by Gasteiger charge is 2.05. The molecule has 1 rings (SSSR count). The monoisotopic (exact) mass is 167 g/mol. The molecule has 1 N–H and O–H groups in total. The second-order valence-electron chi connectivity index (χ2n) is 3.98. The average molecular weight is 167 g/mol. The van der Waals surface area contributed by atoms with E-state index >= 15 is 0 Å². The van der Waals surface area contributed by atoms with Crippen molar-refractivity contribution in [2.75, 3.05) is 13.6 Å². The number of likely N-dealkylation sites (N-methyl/N-ethyl adjacent to an activating group) is 1. The minimum absolute atomic E-state index is 0.900. The molecule has 0 aromatic carbocycles. The lowest BCUT2D eigenvalue weighted by Crippen LogP contribution is -2.12. The maximum absolute atomic E-state index is 3.23. The predicted octanol–water partition coefficient (Wildman–Crippen LogP) is 2.73. The molecule has 0 amide bonds. The highest BCUT2D eigenvalue weighted by atomic mass is 14.8. The van der Waals surface area contributed by atoms with Gasteiger partial charge < -0.3 is 5.32 Å². The molecule has 1 aliphatic rings. The van der Waals surface area contributed by atoms with E-state index in [0.29, 0.717) is 0 Å². The van der Waals surface area contributed by atoms with E-state index in [0.717, 1.165) is 12.5 Å². The van der Waals surface area contributed by atoms with Crippen molar-refractivity contribution in [1.82, 2.24) is 5.32 Å². The van der Waals surface area contributed by atoms with Crippen LogP contribution in [-0.2, 0) is 0 Å². The third kappa shape index (κ3) is 3.40. The van der Waals surface area contributed by atoms with Crippen LogP contribution in [0.15, 0.2) is 11.6 Å². The van der Waals surface area contributed by atoms with Gasteiger partial charge in [0.15, 0.2) is 0 Å². The minimum atomic E-state index is 0.900. The second kappa shape index (κ2) is 5.36. The number of rotatable bonds is 2. The largest absolute Gasteiger partial charge is 0.316 e. The molecule has 0 spiro atoms. The van der Waals surface area contributed by atoms with Crippen LogP contribution in [0, 0.1) is 5.92 Å². The third-order valence-corrected chi connectivity index (χ3v) is 2.66. The predicted molar refractivity (Wildman–Crippen MR) is 54.3 cm³/mol. The molecular formula is C11H21N. The smallest absolute Gasteiger partial charge is 0.0161 e. The van der Waals surface area contributed by atoms with E-state index < -0.39 is 0 Å². The molecule has 1 atom stereocenters. The Kier molecular flexibility index (Phi) is 4.37. The summed E-state index contributed by atoms with van der Waals surface area (Å²) < 4.78 is 0. The van der Waals surface area contributed by atoms with E-state index in [1.165, 1.54) is 32.1 Å². The van der Waals surface area contributed by atoms with Crippen molar-refractivity contribution in [3.8, 4) is 0 Å². The van der Waals surface area contributed by atoms with E-state index in [4.69, 9.17) is 0 Å². The lowest BCUT2D eigenvalue weighted by atomic mass is 9.93. The first-order valence-corrected chi connectivity index (χ1v) is 5.15. The van der Waals surface area contributed by atoms with Gasteiger partial charge >= 0.3 is 0 Å². The molecule has 0 saturated heterocycles. The van der Waals surface area contributed by atoms with E-state index in [1.54, 1.807) is 5.57 Å². The van der Waals surface area contributed by atoms with Gasteiger partial charge in [0.1, 0.15) is 0 Å². The lowest BCUT2D eigenvalue weighted by Gasteiger charge is -2.15. The molecule has 0 bridgehead atoms. The fourth-order valence-electron chi connectivity index (χ4n) is 1.82. The third-order valence-electron chi connectivity index (χ3n) is 2.66. The number of hydrogen-bond donors (Lipinski definition) is 1. The number of allylic oxidation sites excluding steroid dienone is 1. The first kappa shape index (κ1) is 9.79. The molecule has 70 valence electrons. The molecular weight excluding hydrogens is 146 g/mol. The Bertz CT molecular complexity index is 149. The van der Waals surface area contributed by atoms with E-state index in [2.05, 4.69) is 18.3 Å². The molecule has 1 heteroatoms. The lowest BCUT2D eigenvalue weighted by molar-refractivity contribution is 0.487. The summed E-state index contributed by atoms with van der Waals surface area (Å²) >= 11 is 0. The zero-order valence-electron chi connectivity index (χ0n) is 8.40. The Morgan fingerprint density at radius 3 is 3.08 bits per heavy atom. The standard InChI is InChI=1S/C11H21N/c1-10-5-3-4-6-11(8-7-10)9-12-2/h8,10,12H,3-7,9H2,1-2H3/b11-8+. The first-order valence-electron chi connectivity index (χ1n) is 5.15. The number of hydrogen-bond acceptors (Lipinski definition) is 1. The van der Waals surface area contributed by atoms with Gasteiger partial charge in [-0.15, -0.1) is 0 Å². The molecule has 1 aliphatic carbocycles. The SMILES string of the molecule is CNC/C1=C/CC(C)CCCC1. The van der Waals surface area contributed by atoms with Gasteiger partial charge in [-0.1, -0.05) is 31.4 Å². The zero-order valence-corrected chi connectivity index (χ0v) is 8.40. The van der Waals surface area contributed by atoms with Gasteiger partial charge in [-0.3, -0.25) is 0 Å². The highest BCUT2D eigenvalue weighted by molar-refractivity contribution is 5.05. The van der Waals surface area contributed by atoms with Gasteiger partial charge in [-0.05, 0) is 32.2 Å². The Morgan fingerprint density at radius 2 is 2.33 bits per heavy atom. The van der Waals surface area contributed by atoms with E-state index in [9.17, 15) is 0 Å². The van der Waals surface area contributed by atoms with Crippen LogP contribution in [0.25, 0.3) is 0 Å². The van der Waals surface area contributed by atoms with Crippen LogP contribution in [0.3, 0.4) is 0 Å².